The maximum Gasteiger partial charge on any atom is 0.131 e. The minimum atomic E-state index is 0.0750. The summed E-state index contributed by atoms with van der Waals surface area (Å²) in [6.45, 7) is 9.51. The Hall–Kier alpha value is -1.80. The Balaban J connectivity index is 2.25. The first-order valence-electron chi connectivity index (χ1n) is 7.09. The molecule has 2 aromatic rings. The van der Waals surface area contributed by atoms with E-state index in [2.05, 4.69) is 49.9 Å². The first kappa shape index (κ1) is 13.2. The summed E-state index contributed by atoms with van der Waals surface area (Å²) in [5.41, 5.74) is 1.35. The Morgan fingerprint density at radius 2 is 2.00 bits per heavy atom. The van der Waals surface area contributed by atoms with Gasteiger partial charge in [0.25, 0.3) is 0 Å². The van der Waals surface area contributed by atoms with E-state index in [0.717, 1.165) is 25.4 Å². The molecule has 0 amide bonds. The van der Waals surface area contributed by atoms with E-state index in [1.807, 2.05) is 6.92 Å². The summed E-state index contributed by atoms with van der Waals surface area (Å²) in [4.78, 5) is 0. The second kappa shape index (κ2) is 4.95. The molecule has 104 valence electrons. The summed E-state index contributed by atoms with van der Waals surface area (Å²) in [7, 11) is 0. The molecule has 3 rings (SSSR count). The van der Waals surface area contributed by atoms with Crippen molar-refractivity contribution in [3.63, 3.8) is 0 Å². The lowest BCUT2D eigenvalue weighted by Crippen LogP contribution is -2.46. The Morgan fingerprint density at radius 1 is 1.25 bits per heavy atom. The Kier molecular flexibility index (Phi) is 3.27. The van der Waals surface area contributed by atoms with E-state index in [1.165, 1.54) is 16.3 Å². The fourth-order valence-electron chi connectivity index (χ4n) is 2.95. The Labute approximate surface area is 120 Å². The van der Waals surface area contributed by atoms with Crippen LogP contribution in [0.25, 0.3) is 10.8 Å². The van der Waals surface area contributed by atoms with Crippen LogP contribution in [0, 0.1) is 0 Å². The van der Waals surface area contributed by atoms with E-state index >= 15 is 0 Å². The molecule has 1 fully saturated rings. The molecule has 2 nitrogen and oxygen atoms in total. The molecular weight excluding hydrogens is 248 g/mol. The summed E-state index contributed by atoms with van der Waals surface area (Å²) in [5.74, 6) is 1.63. The first-order chi connectivity index (χ1) is 9.66. The van der Waals surface area contributed by atoms with Gasteiger partial charge in [0.15, 0.2) is 0 Å². The van der Waals surface area contributed by atoms with Crippen molar-refractivity contribution in [2.75, 3.05) is 13.2 Å². The zero-order valence-electron chi connectivity index (χ0n) is 12.1. The normalized spacial score (nSPS) is 16.7. The van der Waals surface area contributed by atoms with Crippen LogP contribution < -0.4 is 4.74 Å². The van der Waals surface area contributed by atoms with Crippen LogP contribution in [0.15, 0.2) is 48.7 Å². The molecule has 1 heterocycles. The van der Waals surface area contributed by atoms with Gasteiger partial charge in [0, 0.05) is 11.0 Å². The van der Waals surface area contributed by atoms with Gasteiger partial charge in [0.2, 0.25) is 0 Å². The number of hydrogen-bond donors (Lipinski definition) is 0. The molecule has 0 aliphatic carbocycles. The van der Waals surface area contributed by atoms with Crippen LogP contribution in [0.1, 0.15) is 25.8 Å². The summed E-state index contributed by atoms with van der Waals surface area (Å²) >= 11 is 0. The lowest BCUT2D eigenvalue weighted by atomic mass is 9.74. The second-order valence-electron chi connectivity index (χ2n) is 5.59. The van der Waals surface area contributed by atoms with Crippen molar-refractivity contribution in [2.24, 2.45) is 0 Å². The molecule has 0 N–H and O–H groups in total. The van der Waals surface area contributed by atoms with Crippen LogP contribution in [0.2, 0.25) is 0 Å². The zero-order chi connectivity index (χ0) is 14.2. The fourth-order valence-corrected chi connectivity index (χ4v) is 2.95. The van der Waals surface area contributed by atoms with Crippen LogP contribution in [0.5, 0.6) is 5.75 Å². The molecular formula is C18H20O2. The van der Waals surface area contributed by atoms with E-state index in [9.17, 15) is 0 Å². The summed E-state index contributed by atoms with van der Waals surface area (Å²) in [6.07, 6.45) is 1.05. The molecule has 0 radical (unpaired) electrons. The average molecular weight is 268 g/mol. The molecule has 0 spiro atoms. The van der Waals surface area contributed by atoms with Crippen molar-refractivity contribution in [1.29, 1.82) is 0 Å². The van der Waals surface area contributed by atoms with Crippen LogP contribution in [0.4, 0.5) is 0 Å². The van der Waals surface area contributed by atoms with Crippen LogP contribution in [-0.4, -0.2) is 13.2 Å². The van der Waals surface area contributed by atoms with E-state index in [-0.39, 0.29) is 5.41 Å². The summed E-state index contributed by atoms with van der Waals surface area (Å²) in [6, 6.07) is 12.6. The van der Waals surface area contributed by atoms with E-state index in [4.69, 9.17) is 9.47 Å². The minimum absolute atomic E-state index is 0.0750. The van der Waals surface area contributed by atoms with Gasteiger partial charge in [-0.3, -0.25) is 0 Å². The van der Waals surface area contributed by atoms with E-state index in [0.29, 0.717) is 5.76 Å². The number of benzene rings is 2. The van der Waals surface area contributed by atoms with Crippen LogP contribution >= 0.6 is 0 Å². The SMILES string of the molecule is C=C(C)Oc1ccc2ccccc2c1C1(CC)COC1. The largest absolute Gasteiger partial charge is 0.462 e. The van der Waals surface area contributed by atoms with Gasteiger partial charge in [-0.2, -0.15) is 0 Å². The van der Waals surface area contributed by atoms with Gasteiger partial charge in [-0.15, -0.1) is 0 Å². The van der Waals surface area contributed by atoms with Crippen molar-refractivity contribution in [2.45, 2.75) is 25.7 Å². The molecule has 0 unspecified atom stereocenters. The van der Waals surface area contributed by atoms with Crippen molar-refractivity contribution < 1.29 is 9.47 Å². The molecule has 0 atom stereocenters. The third-order valence-electron chi connectivity index (χ3n) is 4.14. The number of fused-ring (bicyclic) bond motifs is 1. The standard InChI is InChI=1S/C18H20O2/c1-4-18(11-19-12-18)17-15-8-6-5-7-14(15)9-10-16(17)20-13(2)3/h5-10H,2,4,11-12H2,1,3H3. The van der Waals surface area contributed by atoms with E-state index in [1.54, 1.807) is 0 Å². The minimum Gasteiger partial charge on any atom is -0.462 e. The number of hydrogen-bond acceptors (Lipinski definition) is 2. The van der Waals surface area contributed by atoms with Gasteiger partial charge in [-0.25, -0.2) is 0 Å². The highest BCUT2D eigenvalue weighted by atomic mass is 16.5. The summed E-state index contributed by atoms with van der Waals surface area (Å²) < 4.78 is 11.4. The number of allylic oxidation sites excluding steroid dienone is 1. The molecule has 1 aliphatic heterocycles. The predicted molar refractivity (Wildman–Crippen MR) is 82.2 cm³/mol. The maximum absolute atomic E-state index is 5.89. The van der Waals surface area contributed by atoms with Crippen molar-refractivity contribution in [3.05, 3.63) is 54.3 Å². The highest BCUT2D eigenvalue weighted by Crippen LogP contribution is 2.44. The topological polar surface area (TPSA) is 18.5 Å². The van der Waals surface area contributed by atoms with E-state index < -0.39 is 0 Å². The average Bonchev–Trinajstić information content (AvgIpc) is 2.39. The molecule has 20 heavy (non-hydrogen) atoms. The first-order valence-corrected chi connectivity index (χ1v) is 7.09. The zero-order valence-corrected chi connectivity index (χ0v) is 12.1. The maximum atomic E-state index is 5.89. The Bertz CT molecular complexity index is 648. The van der Waals surface area contributed by atoms with Gasteiger partial charge in [0.05, 0.1) is 19.0 Å². The molecule has 1 saturated heterocycles. The van der Waals surface area contributed by atoms with Gasteiger partial charge >= 0.3 is 0 Å². The molecule has 1 aliphatic rings. The van der Waals surface area contributed by atoms with Crippen molar-refractivity contribution in [1.82, 2.24) is 0 Å². The predicted octanol–water partition coefficient (Wildman–Crippen LogP) is 4.43. The lowest BCUT2D eigenvalue weighted by molar-refractivity contribution is -0.0620. The van der Waals surface area contributed by atoms with Crippen LogP contribution in [0.3, 0.4) is 0 Å². The quantitative estimate of drug-likeness (QED) is 0.764. The van der Waals surface area contributed by atoms with Gasteiger partial charge in [0.1, 0.15) is 5.75 Å². The Morgan fingerprint density at radius 3 is 2.60 bits per heavy atom. The molecule has 0 bridgehead atoms. The highest BCUT2D eigenvalue weighted by Gasteiger charge is 2.42. The van der Waals surface area contributed by atoms with Crippen molar-refractivity contribution >= 4 is 10.8 Å². The van der Waals surface area contributed by atoms with Gasteiger partial charge < -0.3 is 9.47 Å². The third-order valence-corrected chi connectivity index (χ3v) is 4.14. The molecule has 2 aromatic carbocycles. The second-order valence-corrected chi connectivity index (χ2v) is 5.59. The third kappa shape index (κ3) is 2.01. The number of ether oxygens (including phenoxy) is 2. The fraction of sp³-hybridized carbons (Fsp3) is 0.333. The van der Waals surface area contributed by atoms with Crippen molar-refractivity contribution in [3.8, 4) is 5.75 Å². The monoisotopic (exact) mass is 268 g/mol. The van der Waals surface area contributed by atoms with Gasteiger partial charge in [-0.05, 0) is 30.2 Å². The lowest BCUT2D eigenvalue weighted by Gasteiger charge is -2.42. The molecule has 0 aromatic heterocycles. The van der Waals surface area contributed by atoms with Crippen LogP contribution in [-0.2, 0) is 10.2 Å². The smallest absolute Gasteiger partial charge is 0.131 e. The molecule has 2 heteroatoms. The number of rotatable bonds is 4. The molecule has 0 saturated carbocycles. The van der Waals surface area contributed by atoms with Gasteiger partial charge in [-0.1, -0.05) is 43.8 Å². The highest BCUT2D eigenvalue weighted by molar-refractivity contribution is 5.89. The summed E-state index contributed by atoms with van der Waals surface area (Å²) in [5, 5.41) is 2.51.